The average Bonchev–Trinajstić information content (AvgIpc) is 2.67. The highest BCUT2D eigenvalue weighted by atomic mass is 15.5. The van der Waals surface area contributed by atoms with Crippen LogP contribution in [0.2, 0.25) is 0 Å². The highest BCUT2D eigenvalue weighted by Gasteiger charge is 1.99. The average molecular weight is 191 g/mol. The summed E-state index contributed by atoms with van der Waals surface area (Å²) in [6, 6.07) is 1.83. The summed E-state index contributed by atoms with van der Waals surface area (Å²) in [5.74, 6) is 1.14. The molecule has 2 aromatic heterocycles. The zero-order valence-electron chi connectivity index (χ0n) is 7.60. The van der Waals surface area contributed by atoms with Gasteiger partial charge in [0.15, 0.2) is 5.82 Å². The lowest BCUT2D eigenvalue weighted by Crippen LogP contribution is -2.05. The highest BCUT2D eigenvalue weighted by molar-refractivity contribution is 5.24. The van der Waals surface area contributed by atoms with Crippen LogP contribution in [0.15, 0.2) is 12.3 Å². The Balaban J connectivity index is 1.98. The van der Waals surface area contributed by atoms with Gasteiger partial charge >= 0.3 is 0 Å². The molecular formula is C7H9N7. The van der Waals surface area contributed by atoms with Crippen molar-refractivity contribution in [1.82, 2.24) is 30.6 Å². The summed E-state index contributed by atoms with van der Waals surface area (Å²) in [5, 5.41) is 16.4. The van der Waals surface area contributed by atoms with Gasteiger partial charge in [0.2, 0.25) is 5.95 Å². The summed E-state index contributed by atoms with van der Waals surface area (Å²) in [6.07, 6.45) is 1.70. The number of hydrogen-bond donors (Lipinski definition) is 2. The van der Waals surface area contributed by atoms with Crippen molar-refractivity contribution in [2.45, 2.75) is 13.5 Å². The van der Waals surface area contributed by atoms with E-state index in [-0.39, 0.29) is 0 Å². The molecule has 7 heteroatoms. The molecular weight excluding hydrogens is 182 g/mol. The maximum atomic E-state index is 4.16. The van der Waals surface area contributed by atoms with E-state index in [1.54, 1.807) is 6.20 Å². The van der Waals surface area contributed by atoms with E-state index in [9.17, 15) is 0 Å². The molecule has 0 saturated heterocycles. The third-order valence-corrected chi connectivity index (χ3v) is 1.59. The number of rotatable bonds is 3. The second-order valence-electron chi connectivity index (χ2n) is 2.70. The highest BCUT2D eigenvalue weighted by Crippen LogP contribution is 1.99. The van der Waals surface area contributed by atoms with Gasteiger partial charge in [-0.1, -0.05) is 5.21 Å². The molecule has 2 heterocycles. The van der Waals surface area contributed by atoms with Crippen LogP contribution in [0.4, 0.5) is 5.95 Å². The largest absolute Gasteiger partial charge is 0.347 e. The molecule has 0 aliphatic heterocycles. The number of aromatic amines is 1. The Morgan fingerprint density at radius 2 is 2.43 bits per heavy atom. The molecule has 0 atom stereocenters. The number of nitrogens with zero attached hydrogens (tertiary/aromatic N) is 5. The van der Waals surface area contributed by atoms with Crippen molar-refractivity contribution in [3.05, 3.63) is 23.8 Å². The van der Waals surface area contributed by atoms with Crippen LogP contribution in [0.1, 0.15) is 11.5 Å². The first-order valence-electron chi connectivity index (χ1n) is 4.10. The predicted octanol–water partition coefficient (Wildman–Crippen LogP) is -0.0898. The molecule has 7 nitrogen and oxygen atoms in total. The molecule has 0 bridgehead atoms. The predicted molar refractivity (Wildman–Crippen MR) is 48.3 cm³/mol. The SMILES string of the molecule is Cc1ccnc(NCc2nn[nH]n2)n1. The maximum absolute atomic E-state index is 4.16. The lowest BCUT2D eigenvalue weighted by molar-refractivity contribution is 0.881. The molecule has 0 aliphatic carbocycles. The van der Waals surface area contributed by atoms with Crippen molar-refractivity contribution in [3.8, 4) is 0 Å². The van der Waals surface area contributed by atoms with Crippen LogP contribution in [-0.2, 0) is 6.54 Å². The molecule has 0 amide bonds. The van der Waals surface area contributed by atoms with Gasteiger partial charge in [0.25, 0.3) is 0 Å². The molecule has 0 unspecified atom stereocenters. The Kier molecular flexibility index (Phi) is 2.30. The molecule has 2 aromatic rings. The molecule has 0 saturated carbocycles. The van der Waals surface area contributed by atoms with Gasteiger partial charge < -0.3 is 5.32 Å². The summed E-state index contributed by atoms with van der Waals surface area (Å²) in [5.41, 5.74) is 0.913. The Hall–Kier alpha value is -2.05. The Labute approximate surface area is 80.0 Å². The smallest absolute Gasteiger partial charge is 0.223 e. The van der Waals surface area contributed by atoms with Gasteiger partial charge in [0.1, 0.15) is 0 Å². The van der Waals surface area contributed by atoms with Gasteiger partial charge in [0.05, 0.1) is 6.54 Å². The fourth-order valence-electron chi connectivity index (χ4n) is 0.950. The first kappa shape index (κ1) is 8.54. The molecule has 0 aliphatic rings. The van der Waals surface area contributed by atoms with E-state index in [4.69, 9.17) is 0 Å². The zero-order valence-corrected chi connectivity index (χ0v) is 7.60. The summed E-state index contributed by atoms with van der Waals surface area (Å²) < 4.78 is 0. The quantitative estimate of drug-likeness (QED) is 0.704. The Bertz CT molecular complexity index is 396. The normalized spacial score (nSPS) is 10.1. The van der Waals surface area contributed by atoms with Crippen molar-refractivity contribution < 1.29 is 0 Å². The van der Waals surface area contributed by atoms with E-state index in [0.29, 0.717) is 18.3 Å². The van der Waals surface area contributed by atoms with Gasteiger partial charge in [-0.05, 0) is 13.0 Å². The van der Waals surface area contributed by atoms with Crippen LogP contribution in [0.3, 0.4) is 0 Å². The first-order valence-corrected chi connectivity index (χ1v) is 4.10. The van der Waals surface area contributed by atoms with E-state index in [0.717, 1.165) is 5.69 Å². The molecule has 0 radical (unpaired) electrons. The van der Waals surface area contributed by atoms with Crippen LogP contribution in [0.25, 0.3) is 0 Å². The number of nitrogens with one attached hydrogen (secondary N) is 2. The van der Waals surface area contributed by atoms with Crippen molar-refractivity contribution in [2.24, 2.45) is 0 Å². The molecule has 0 spiro atoms. The minimum Gasteiger partial charge on any atom is -0.347 e. The number of anilines is 1. The number of H-pyrrole nitrogens is 1. The van der Waals surface area contributed by atoms with Crippen LogP contribution in [-0.4, -0.2) is 30.6 Å². The zero-order chi connectivity index (χ0) is 9.80. The van der Waals surface area contributed by atoms with Gasteiger partial charge in [-0.2, -0.15) is 5.21 Å². The number of aromatic nitrogens is 6. The monoisotopic (exact) mass is 191 g/mol. The van der Waals surface area contributed by atoms with E-state index in [2.05, 4.69) is 35.9 Å². The van der Waals surface area contributed by atoms with Gasteiger partial charge in [0, 0.05) is 11.9 Å². The molecule has 0 fully saturated rings. The van der Waals surface area contributed by atoms with Crippen molar-refractivity contribution >= 4 is 5.95 Å². The van der Waals surface area contributed by atoms with Crippen LogP contribution in [0, 0.1) is 6.92 Å². The van der Waals surface area contributed by atoms with E-state index in [1.807, 2.05) is 13.0 Å². The van der Waals surface area contributed by atoms with E-state index >= 15 is 0 Å². The van der Waals surface area contributed by atoms with Crippen LogP contribution < -0.4 is 5.32 Å². The molecule has 0 aromatic carbocycles. The van der Waals surface area contributed by atoms with Crippen LogP contribution >= 0.6 is 0 Å². The van der Waals surface area contributed by atoms with Gasteiger partial charge in [-0.15, -0.1) is 10.2 Å². The Morgan fingerprint density at radius 1 is 1.50 bits per heavy atom. The standard InChI is InChI=1S/C7H9N7/c1-5-2-3-8-7(10-5)9-4-6-11-13-14-12-6/h2-3H,4H2,1H3,(H,8,9,10)(H,11,12,13,14). The molecule has 14 heavy (non-hydrogen) atoms. The van der Waals surface area contributed by atoms with E-state index < -0.39 is 0 Å². The second kappa shape index (κ2) is 3.77. The lowest BCUT2D eigenvalue weighted by Gasteiger charge is -2.00. The first-order chi connectivity index (χ1) is 6.84. The molecule has 72 valence electrons. The summed E-state index contributed by atoms with van der Waals surface area (Å²) in [4.78, 5) is 8.19. The summed E-state index contributed by atoms with van der Waals surface area (Å²) >= 11 is 0. The topological polar surface area (TPSA) is 92.3 Å². The number of aryl methyl sites for hydroxylation is 1. The van der Waals surface area contributed by atoms with Gasteiger partial charge in [-0.3, -0.25) is 0 Å². The second-order valence-corrected chi connectivity index (χ2v) is 2.70. The fraction of sp³-hybridized carbons (Fsp3) is 0.286. The lowest BCUT2D eigenvalue weighted by atomic mass is 10.5. The molecule has 2 rings (SSSR count). The minimum atomic E-state index is 0.458. The fourth-order valence-corrected chi connectivity index (χ4v) is 0.950. The number of hydrogen-bond acceptors (Lipinski definition) is 6. The van der Waals surface area contributed by atoms with Crippen molar-refractivity contribution in [3.63, 3.8) is 0 Å². The van der Waals surface area contributed by atoms with Crippen LogP contribution in [0.5, 0.6) is 0 Å². The van der Waals surface area contributed by atoms with Crippen molar-refractivity contribution in [2.75, 3.05) is 5.32 Å². The maximum Gasteiger partial charge on any atom is 0.223 e. The third-order valence-electron chi connectivity index (χ3n) is 1.59. The summed E-state index contributed by atoms with van der Waals surface area (Å²) in [7, 11) is 0. The summed E-state index contributed by atoms with van der Waals surface area (Å²) in [6.45, 7) is 2.36. The minimum absolute atomic E-state index is 0.458. The van der Waals surface area contributed by atoms with Crippen molar-refractivity contribution in [1.29, 1.82) is 0 Å². The molecule has 2 N–H and O–H groups in total. The number of tetrazole rings is 1. The van der Waals surface area contributed by atoms with Gasteiger partial charge in [-0.25, -0.2) is 9.97 Å². The Morgan fingerprint density at radius 3 is 3.14 bits per heavy atom. The third kappa shape index (κ3) is 2.00. The van der Waals surface area contributed by atoms with E-state index in [1.165, 1.54) is 0 Å².